The molecule has 1 aliphatic carbocycles. The molecule has 0 N–H and O–H groups in total. The van der Waals surface area contributed by atoms with E-state index in [1.807, 2.05) is 7.11 Å². The Morgan fingerprint density at radius 1 is 1.46 bits per heavy atom. The summed E-state index contributed by atoms with van der Waals surface area (Å²) in [6.07, 6.45) is 6.53. The maximum absolute atomic E-state index is 5.75. The molecule has 0 aromatic heterocycles. The first-order valence-corrected chi connectivity index (χ1v) is 5.71. The van der Waals surface area contributed by atoms with Crippen molar-refractivity contribution in [2.24, 2.45) is 11.8 Å². The van der Waals surface area contributed by atoms with Gasteiger partial charge < -0.3 is 4.74 Å². The van der Waals surface area contributed by atoms with Gasteiger partial charge >= 0.3 is 0 Å². The van der Waals surface area contributed by atoms with Crippen LogP contribution in [0.25, 0.3) is 0 Å². The van der Waals surface area contributed by atoms with Crippen molar-refractivity contribution in [1.82, 2.24) is 0 Å². The fourth-order valence-electron chi connectivity index (χ4n) is 2.72. The average molecular weight is 184 g/mol. The molecule has 0 spiro atoms. The van der Waals surface area contributed by atoms with Crippen molar-refractivity contribution in [2.75, 3.05) is 7.11 Å². The standard InChI is InChI=1S/C12H24O/c1-5-6-8-12(13-4)9-7-11(12)10(2)3/h10-11H,5-9H2,1-4H3. The third-order valence-electron chi connectivity index (χ3n) is 3.72. The molecule has 2 atom stereocenters. The van der Waals surface area contributed by atoms with E-state index in [9.17, 15) is 0 Å². The van der Waals surface area contributed by atoms with Crippen LogP contribution in [0, 0.1) is 11.8 Å². The van der Waals surface area contributed by atoms with Gasteiger partial charge in [0.05, 0.1) is 5.60 Å². The Hall–Kier alpha value is -0.0400. The Bertz CT molecular complexity index is 149. The lowest BCUT2D eigenvalue weighted by Gasteiger charge is -2.51. The minimum Gasteiger partial charge on any atom is -0.378 e. The highest BCUT2D eigenvalue weighted by molar-refractivity contribution is 4.98. The summed E-state index contributed by atoms with van der Waals surface area (Å²) in [5.74, 6) is 1.59. The molecule has 0 aromatic carbocycles. The van der Waals surface area contributed by atoms with Gasteiger partial charge in [0.2, 0.25) is 0 Å². The van der Waals surface area contributed by atoms with Crippen LogP contribution < -0.4 is 0 Å². The molecule has 78 valence electrons. The summed E-state index contributed by atoms with van der Waals surface area (Å²) in [6, 6.07) is 0. The van der Waals surface area contributed by atoms with E-state index in [-0.39, 0.29) is 5.60 Å². The molecule has 0 radical (unpaired) electrons. The molecule has 0 heterocycles. The minimum atomic E-state index is 0.254. The molecule has 1 nitrogen and oxygen atoms in total. The summed E-state index contributed by atoms with van der Waals surface area (Å²) in [7, 11) is 1.89. The van der Waals surface area contributed by atoms with Gasteiger partial charge in [-0.1, -0.05) is 33.6 Å². The number of methoxy groups -OCH3 is 1. The van der Waals surface area contributed by atoms with Gasteiger partial charge in [0.1, 0.15) is 0 Å². The molecule has 0 bridgehead atoms. The van der Waals surface area contributed by atoms with Crippen molar-refractivity contribution in [3.05, 3.63) is 0 Å². The number of hydrogen-bond donors (Lipinski definition) is 0. The summed E-state index contributed by atoms with van der Waals surface area (Å²) < 4.78 is 5.75. The summed E-state index contributed by atoms with van der Waals surface area (Å²) >= 11 is 0. The third kappa shape index (κ3) is 2.07. The van der Waals surface area contributed by atoms with E-state index in [1.165, 1.54) is 32.1 Å². The van der Waals surface area contributed by atoms with Gasteiger partial charge in [0, 0.05) is 7.11 Å². The number of unbranched alkanes of at least 4 members (excludes halogenated alkanes) is 1. The first kappa shape index (κ1) is 11.0. The Balaban J connectivity index is 2.49. The molecule has 1 fully saturated rings. The SMILES string of the molecule is CCCCC1(OC)CCC1C(C)C. The second-order valence-corrected chi connectivity index (χ2v) is 4.76. The molecule has 1 saturated carbocycles. The van der Waals surface area contributed by atoms with Crippen LogP contribution in [-0.2, 0) is 4.74 Å². The molecule has 1 aliphatic rings. The van der Waals surface area contributed by atoms with Gasteiger partial charge in [-0.15, -0.1) is 0 Å². The van der Waals surface area contributed by atoms with Gasteiger partial charge in [-0.05, 0) is 31.1 Å². The predicted octanol–water partition coefficient (Wildman–Crippen LogP) is 3.63. The van der Waals surface area contributed by atoms with Crippen LogP contribution in [0.1, 0.15) is 52.9 Å². The zero-order chi connectivity index (χ0) is 9.90. The van der Waals surface area contributed by atoms with E-state index >= 15 is 0 Å². The molecule has 2 unspecified atom stereocenters. The topological polar surface area (TPSA) is 9.23 Å². The molecule has 1 rings (SSSR count). The van der Waals surface area contributed by atoms with Gasteiger partial charge in [-0.2, -0.15) is 0 Å². The van der Waals surface area contributed by atoms with Crippen molar-refractivity contribution < 1.29 is 4.74 Å². The molecule has 1 heteroatoms. The summed E-state index contributed by atoms with van der Waals surface area (Å²) in [5.41, 5.74) is 0.254. The van der Waals surface area contributed by atoms with E-state index in [0.29, 0.717) is 0 Å². The van der Waals surface area contributed by atoms with E-state index in [0.717, 1.165) is 11.8 Å². The van der Waals surface area contributed by atoms with Crippen molar-refractivity contribution in [2.45, 2.75) is 58.5 Å². The quantitative estimate of drug-likeness (QED) is 0.634. The smallest absolute Gasteiger partial charge is 0.0709 e. The molecule has 0 aromatic rings. The number of ether oxygens (including phenoxy) is 1. The van der Waals surface area contributed by atoms with Crippen LogP contribution >= 0.6 is 0 Å². The zero-order valence-corrected chi connectivity index (χ0v) is 9.60. The maximum atomic E-state index is 5.75. The number of rotatable bonds is 5. The highest BCUT2D eigenvalue weighted by Crippen LogP contribution is 2.48. The fraction of sp³-hybridized carbons (Fsp3) is 1.00. The summed E-state index contributed by atoms with van der Waals surface area (Å²) in [5, 5.41) is 0. The Morgan fingerprint density at radius 2 is 2.15 bits per heavy atom. The summed E-state index contributed by atoms with van der Waals surface area (Å²) in [4.78, 5) is 0. The van der Waals surface area contributed by atoms with Gasteiger partial charge in [-0.3, -0.25) is 0 Å². The van der Waals surface area contributed by atoms with E-state index in [4.69, 9.17) is 4.74 Å². The maximum Gasteiger partial charge on any atom is 0.0709 e. The Morgan fingerprint density at radius 3 is 2.46 bits per heavy atom. The van der Waals surface area contributed by atoms with Gasteiger partial charge in [-0.25, -0.2) is 0 Å². The van der Waals surface area contributed by atoms with Crippen LogP contribution in [0.5, 0.6) is 0 Å². The van der Waals surface area contributed by atoms with Crippen molar-refractivity contribution in [1.29, 1.82) is 0 Å². The van der Waals surface area contributed by atoms with Crippen LogP contribution in [0.4, 0.5) is 0 Å². The number of hydrogen-bond acceptors (Lipinski definition) is 1. The predicted molar refractivity (Wildman–Crippen MR) is 56.8 cm³/mol. The van der Waals surface area contributed by atoms with E-state index in [2.05, 4.69) is 20.8 Å². The fourth-order valence-corrected chi connectivity index (χ4v) is 2.72. The lowest BCUT2D eigenvalue weighted by Crippen LogP contribution is -2.51. The highest BCUT2D eigenvalue weighted by Gasteiger charge is 2.47. The van der Waals surface area contributed by atoms with Gasteiger partial charge in [0.25, 0.3) is 0 Å². The van der Waals surface area contributed by atoms with Crippen molar-refractivity contribution in [3.63, 3.8) is 0 Å². The van der Waals surface area contributed by atoms with Crippen LogP contribution in [-0.4, -0.2) is 12.7 Å². The van der Waals surface area contributed by atoms with Crippen molar-refractivity contribution in [3.8, 4) is 0 Å². The van der Waals surface area contributed by atoms with E-state index < -0.39 is 0 Å². The second kappa shape index (κ2) is 4.45. The largest absolute Gasteiger partial charge is 0.378 e. The molecular formula is C12H24O. The zero-order valence-electron chi connectivity index (χ0n) is 9.60. The normalized spacial score (nSPS) is 33.5. The van der Waals surface area contributed by atoms with Crippen molar-refractivity contribution >= 4 is 0 Å². The lowest BCUT2D eigenvalue weighted by molar-refractivity contribution is -0.145. The summed E-state index contributed by atoms with van der Waals surface area (Å²) in [6.45, 7) is 6.90. The average Bonchev–Trinajstić information content (AvgIpc) is 2.03. The van der Waals surface area contributed by atoms with Crippen LogP contribution in [0.3, 0.4) is 0 Å². The first-order valence-electron chi connectivity index (χ1n) is 5.71. The molecule has 0 saturated heterocycles. The molecule has 13 heavy (non-hydrogen) atoms. The van der Waals surface area contributed by atoms with E-state index in [1.54, 1.807) is 0 Å². The van der Waals surface area contributed by atoms with Crippen LogP contribution in [0.2, 0.25) is 0 Å². The third-order valence-corrected chi connectivity index (χ3v) is 3.72. The second-order valence-electron chi connectivity index (χ2n) is 4.76. The van der Waals surface area contributed by atoms with Crippen LogP contribution in [0.15, 0.2) is 0 Å². The first-order chi connectivity index (χ1) is 6.16. The highest BCUT2D eigenvalue weighted by atomic mass is 16.5. The van der Waals surface area contributed by atoms with Gasteiger partial charge in [0.15, 0.2) is 0 Å². The lowest BCUT2D eigenvalue weighted by atomic mass is 9.62. The molecule has 0 aliphatic heterocycles. The Labute approximate surface area is 82.9 Å². The minimum absolute atomic E-state index is 0.254. The monoisotopic (exact) mass is 184 g/mol. The molecule has 0 amide bonds. The molecular weight excluding hydrogens is 160 g/mol. The Kier molecular flexibility index (Phi) is 3.78.